The van der Waals surface area contributed by atoms with Gasteiger partial charge in [0.05, 0.1) is 6.10 Å². The number of carboxylic acid groups (broad SMARTS) is 1. The molecule has 0 radical (unpaired) electrons. The number of hydrogen-bond donors (Lipinski definition) is 3. The molecule has 24 heavy (non-hydrogen) atoms. The second kappa shape index (κ2) is 8.47. The maximum Gasteiger partial charge on any atom is 0.327 e. The van der Waals surface area contributed by atoms with Crippen LogP contribution in [0.4, 0.5) is 0 Å². The maximum absolute atomic E-state index is 10.8. The number of carbonyl (C=O) groups is 1. The molecule has 2 atom stereocenters. The number of benzene rings is 2. The second-order valence-electron chi connectivity index (χ2n) is 5.48. The highest BCUT2D eigenvalue weighted by molar-refractivity contribution is 5.91. The molecule has 128 valence electrons. The van der Waals surface area contributed by atoms with E-state index in [4.69, 9.17) is 9.84 Å². The summed E-state index contributed by atoms with van der Waals surface area (Å²) in [5.74, 6) is -0.827. The summed E-state index contributed by atoms with van der Waals surface area (Å²) >= 11 is 0. The molecule has 0 heterocycles. The first-order valence-corrected chi connectivity index (χ1v) is 7.94. The summed E-state index contributed by atoms with van der Waals surface area (Å²) in [7, 11) is 0. The fourth-order valence-electron chi connectivity index (χ4n) is 2.76. The summed E-state index contributed by atoms with van der Waals surface area (Å²) in [5, 5.41) is 30.8. The molecule has 0 aliphatic rings. The smallest absolute Gasteiger partial charge is 0.327 e. The van der Waals surface area contributed by atoms with Crippen molar-refractivity contribution in [2.24, 2.45) is 0 Å². The van der Waals surface area contributed by atoms with Gasteiger partial charge in [-0.2, -0.15) is 0 Å². The first-order valence-electron chi connectivity index (χ1n) is 7.94. The SMILES string of the molecule is CCO[C@H](CC/C=C/C(=O)O)[C@H](O)c1ccc(O)c2ccccc12. The van der Waals surface area contributed by atoms with Gasteiger partial charge in [0.1, 0.15) is 11.9 Å². The zero-order valence-corrected chi connectivity index (χ0v) is 13.6. The first kappa shape index (κ1) is 18.0. The van der Waals surface area contributed by atoms with E-state index < -0.39 is 18.2 Å². The third kappa shape index (κ3) is 4.34. The van der Waals surface area contributed by atoms with E-state index in [0.717, 1.165) is 11.5 Å². The first-order chi connectivity index (χ1) is 11.5. The standard InChI is InChI=1S/C19H22O5/c1-2-24-17(9-5-6-10-18(21)22)19(23)15-11-12-16(20)14-8-4-3-7-13(14)15/h3-4,6-8,10-12,17,19-20,23H,2,5,9H2,1H3,(H,21,22)/b10-6+/t17-,19-/m1/s1. The van der Waals surface area contributed by atoms with Gasteiger partial charge in [0.15, 0.2) is 0 Å². The zero-order valence-electron chi connectivity index (χ0n) is 13.6. The summed E-state index contributed by atoms with van der Waals surface area (Å²) in [4.78, 5) is 10.5. The summed E-state index contributed by atoms with van der Waals surface area (Å²) < 4.78 is 5.65. The minimum atomic E-state index is -0.993. The number of hydrogen-bond acceptors (Lipinski definition) is 4. The predicted octanol–water partition coefficient (Wildman–Crippen LogP) is 3.40. The zero-order chi connectivity index (χ0) is 17.5. The number of aliphatic hydroxyl groups is 1. The third-order valence-electron chi connectivity index (χ3n) is 3.86. The van der Waals surface area contributed by atoms with Crippen LogP contribution in [-0.4, -0.2) is 34.0 Å². The number of aliphatic carboxylic acids is 1. The average molecular weight is 330 g/mol. The van der Waals surface area contributed by atoms with E-state index >= 15 is 0 Å². The van der Waals surface area contributed by atoms with Crippen LogP contribution in [0.15, 0.2) is 48.6 Å². The number of phenols is 1. The normalized spacial score (nSPS) is 14.1. The van der Waals surface area contributed by atoms with E-state index in [-0.39, 0.29) is 5.75 Å². The van der Waals surface area contributed by atoms with Crippen LogP contribution in [0.3, 0.4) is 0 Å². The van der Waals surface area contributed by atoms with Crippen molar-refractivity contribution in [2.75, 3.05) is 6.61 Å². The van der Waals surface area contributed by atoms with Crippen LogP contribution in [0.25, 0.3) is 10.8 Å². The van der Waals surface area contributed by atoms with Crippen LogP contribution in [0, 0.1) is 0 Å². The molecule has 0 aliphatic heterocycles. The molecule has 0 spiro atoms. The van der Waals surface area contributed by atoms with E-state index in [2.05, 4.69) is 0 Å². The topological polar surface area (TPSA) is 87.0 Å². The molecule has 2 rings (SSSR count). The lowest BCUT2D eigenvalue weighted by Crippen LogP contribution is -2.22. The van der Waals surface area contributed by atoms with Gasteiger partial charge in [0.25, 0.3) is 0 Å². The van der Waals surface area contributed by atoms with Crippen LogP contribution in [0.5, 0.6) is 5.75 Å². The number of carboxylic acids is 1. The fourth-order valence-corrected chi connectivity index (χ4v) is 2.76. The Morgan fingerprint density at radius 1 is 1.21 bits per heavy atom. The van der Waals surface area contributed by atoms with Crippen molar-refractivity contribution in [3.8, 4) is 5.75 Å². The van der Waals surface area contributed by atoms with Crippen LogP contribution in [0.1, 0.15) is 31.4 Å². The van der Waals surface area contributed by atoms with Crippen LogP contribution in [-0.2, 0) is 9.53 Å². The third-order valence-corrected chi connectivity index (χ3v) is 3.86. The van der Waals surface area contributed by atoms with Gasteiger partial charge in [-0.05, 0) is 36.8 Å². The molecule has 0 amide bonds. The van der Waals surface area contributed by atoms with Crippen molar-refractivity contribution >= 4 is 16.7 Å². The van der Waals surface area contributed by atoms with Crippen molar-refractivity contribution in [1.29, 1.82) is 0 Å². The Bertz CT molecular complexity index is 723. The minimum absolute atomic E-state index is 0.166. The highest BCUT2D eigenvalue weighted by atomic mass is 16.5. The molecule has 0 aromatic heterocycles. The summed E-state index contributed by atoms with van der Waals surface area (Å²) in [6.45, 7) is 2.29. The number of allylic oxidation sites excluding steroid dienone is 1. The summed E-state index contributed by atoms with van der Waals surface area (Å²) in [6, 6.07) is 10.6. The van der Waals surface area contributed by atoms with Gasteiger partial charge in [-0.1, -0.05) is 36.4 Å². The average Bonchev–Trinajstić information content (AvgIpc) is 2.57. The lowest BCUT2D eigenvalue weighted by Gasteiger charge is -2.24. The highest BCUT2D eigenvalue weighted by Crippen LogP contribution is 2.33. The van der Waals surface area contributed by atoms with E-state index in [1.165, 1.54) is 0 Å². The lowest BCUT2D eigenvalue weighted by molar-refractivity contribution is -0.131. The van der Waals surface area contributed by atoms with Crippen LogP contribution in [0.2, 0.25) is 0 Å². The van der Waals surface area contributed by atoms with Crippen LogP contribution < -0.4 is 0 Å². The van der Waals surface area contributed by atoms with Crippen molar-refractivity contribution in [3.05, 3.63) is 54.1 Å². The maximum atomic E-state index is 10.8. The Morgan fingerprint density at radius 3 is 2.58 bits per heavy atom. The van der Waals surface area contributed by atoms with E-state index in [1.54, 1.807) is 24.3 Å². The van der Waals surface area contributed by atoms with Gasteiger partial charge in [-0.25, -0.2) is 4.79 Å². The highest BCUT2D eigenvalue weighted by Gasteiger charge is 2.23. The quantitative estimate of drug-likeness (QED) is 0.646. The number of fused-ring (bicyclic) bond motifs is 1. The molecule has 0 fully saturated rings. The molecule has 0 aliphatic carbocycles. The lowest BCUT2D eigenvalue weighted by atomic mass is 9.95. The van der Waals surface area contributed by atoms with Crippen molar-refractivity contribution in [3.63, 3.8) is 0 Å². The van der Waals surface area contributed by atoms with Gasteiger partial charge in [-0.3, -0.25) is 0 Å². The minimum Gasteiger partial charge on any atom is -0.507 e. The van der Waals surface area contributed by atoms with Gasteiger partial charge in [-0.15, -0.1) is 0 Å². The Labute approximate surface area is 140 Å². The summed E-state index contributed by atoms with van der Waals surface area (Å²) in [6.07, 6.45) is 2.30. The van der Waals surface area contributed by atoms with Gasteiger partial charge >= 0.3 is 5.97 Å². The molecule has 0 saturated carbocycles. The molecular weight excluding hydrogens is 308 g/mol. The van der Waals surface area contributed by atoms with Gasteiger partial charge in [0.2, 0.25) is 0 Å². The Balaban J connectivity index is 2.24. The number of aromatic hydroxyl groups is 1. The molecular formula is C19H22O5. The number of phenolic OH excluding ortho intramolecular Hbond substituents is 1. The molecule has 2 aromatic rings. The molecule has 5 nitrogen and oxygen atoms in total. The Kier molecular flexibility index (Phi) is 6.35. The Morgan fingerprint density at radius 2 is 1.92 bits per heavy atom. The number of ether oxygens (including phenoxy) is 1. The molecule has 0 saturated heterocycles. The molecule has 0 bridgehead atoms. The molecule has 3 N–H and O–H groups in total. The molecule has 0 unspecified atom stereocenters. The van der Waals surface area contributed by atoms with E-state index in [0.29, 0.717) is 30.4 Å². The van der Waals surface area contributed by atoms with E-state index in [9.17, 15) is 15.0 Å². The fraction of sp³-hybridized carbons (Fsp3) is 0.316. The van der Waals surface area contributed by atoms with Crippen molar-refractivity contribution in [1.82, 2.24) is 0 Å². The second-order valence-corrected chi connectivity index (χ2v) is 5.48. The molecule has 2 aromatic carbocycles. The van der Waals surface area contributed by atoms with Crippen molar-refractivity contribution < 1.29 is 24.9 Å². The van der Waals surface area contributed by atoms with E-state index in [1.807, 2.05) is 25.1 Å². The predicted molar refractivity (Wildman–Crippen MR) is 92.0 cm³/mol. The largest absolute Gasteiger partial charge is 0.507 e. The number of rotatable bonds is 8. The van der Waals surface area contributed by atoms with Crippen molar-refractivity contribution in [2.45, 2.75) is 32.0 Å². The Hall–Kier alpha value is -2.37. The van der Waals surface area contributed by atoms with Gasteiger partial charge in [0, 0.05) is 18.1 Å². The number of aliphatic hydroxyl groups excluding tert-OH is 1. The monoisotopic (exact) mass is 330 g/mol. The summed E-state index contributed by atoms with van der Waals surface area (Å²) in [5.41, 5.74) is 0.684. The molecule has 5 heteroatoms. The van der Waals surface area contributed by atoms with Crippen LogP contribution >= 0.6 is 0 Å². The van der Waals surface area contributed by atoms with Gasteiger partial charge < -0.3 is 20.1 Å².